The van der Waals surface area contributed by atoms with E-state index in [0.29, 0.717) is 12.0 Å². The van der Waals surface area contributed by atoms with Gasteiger partial charge in [-0.25, -0.2) is 9.18 Å². The summed E-state index contributed by atoms with van der Waals surface area (Å²) >= 11 is 0. The van der Waals surface area contributed by atoms with Crippen molar-refractivity contribution in [3.05, 3.63) is 46.9 Å². The van der Waals surface area contributed by atoms with Gasteiger partial charge in [-0.05, 0) is 44.4 Å². The average Bonchev–Trinajstić information content (AvgIpc) is 2.60. The molecule has 2 aliphatic rings. The van der Waals surface area contributed by atoms with Gasteiger partial charge in [0.1, 0.15) is 11.4 Å². The summed E-state index contributed by atoms with van der Waals surface area (Å²) in [5, 5.41) is 0. The van der Waals surface area contributed by atoms with E-state index in [4.69, 9.17) is 4.74 Å². The molecule has 0 aliphatic carbocycles. The van der Waals surface area contributed by atoms with Crippen LogP contribution in [-0.2, 0) is 9.53 Å². The van der Waals surface area contributed by atoms with Crippen molar-refractivity contribution < 1.29 is 13.9 Å². The summed E-state index contributed by atoms with van der Waals surface area (Å²) in [6, 6.07) is 6.34. The molecule has 1 aromatic rings. The van der Waals surface area contributed by atoms with Crippen molar-refractivity contribution in [1.29, 1.82) is 0 Å². The Morgan fingerprint density at radius 2 is 2.00 bits per heavy atom. The third kappa shape index (κ3) is 2.75. The Hall–Kier alpha value is -1.97. The van der Waals surface area contributed by atoms with Crippen molar-refractivity contribution in [2.75, 3.05) is 0 Å². The zero-order valence-electron chi connectivity index (χ0n) is 12.2. The second-order valence-corrected chi connectivity index (χ2v) is 6.18. The van der Waals surface area contributed by atoms with Crippen molar-refractivity contribution in [1.82, 2.24) is 0 Å². The lowest BCUT2D eigenvalue weighted by molar-refractivity contribution is -0.153. The first-order chi connectivity index (χ1) is 9.96. The van der Waals surface area contributed by atoms with Gasteiger partial charge < -0.3 is 4.74 Å². The molecule has 0 saturated carbocycles. The van der Waals surface area contributed by atoms with Crippen LogP contribution >= 0.6 is 0 Å². The first kappa shape index (κ1) is 14.0. The van der Waals surface area contributed by atoms with Gasteiger partial charge in [-0.15, -0.1) is 0 Å². The third-order valence-electron chi connectivity index (χ3n) is 3.95. The summed E-state index contributed by atoms with van der Waals surface area (Å²) in [6.45, 7) is 3.78. The van der Waals surface area contributed by atoms with Gasteiger partial charge in [0, 0.05) is 18.6 Å². The second kappa shape index (κ2) is 5.10. The van der Waals surface area contributed by atoms with Crippen molar-refractivity contribution in [2.45, 2.75) is 44.6 Å². The van der Waals surface area contributed by atoms with E-state index < -0.39 is 5.60 Å². The number of carbonyl (C=O) groups is 1. The summed E-state index contributed by atoms with van der Waals surface area (Å²) in [7, 11) is 0. The minimum Gasteiger partial charge on any atom is -0.456 e. The van der Waals surface area contributed by atoms with E-state index in [0.717, 1.165) is 24.1 Å². The molecular weight excluding hydrogens is 269 g/mol. The largest absolute Gasteiger partial charge is 0.456 e. The maximum absolute atomic E-state index is 13.1. The molecule has 110 valence electrons. The lowest BCUT2D eigenvalue weighted by Gasteiger charge is -2.33. The molecule has 2 aliphatic heterocycles. The number of hydrogen-bond donors (Lipinski definition) is 0. The zero-order valence-corrected chi connectivity index (χ0v) is 12.2. The van der Waals surface area contributed by atoms with Crippen molar-refractivity contribution in [3.63, 3.8) is 0 Å². The molecule has 4 heteroatoms. The lowest BCUT2D eigenvalue weighted by atomic mass is 9.83. The molecule has 0 amide bonds. The van der Waals surface area contributed by atoms with Gasteiger partial charge in [-0.3, -0.25) is 4.99 Å². The number of rotatable bonds is 1. The molecule has 0 fully saturated rings. The molecule has 21 heavy (non-hydrogen) atoms. The fourth-order valence-corrected chi connectivity index (χ4v) is 3.01. The standard InChI is InChI=1S/C17H18FNO2/c1-17(2)10-14-15(16(20)21-17)13(4-3-9-19-14)11-5-7-12(18)8-6-11/h5-9,13H,3-4,10H2,1-2H3. The number of halogens is 1. The third-order valence-corrected chi connectivity index (χ3v) is 3.95. The van der Waals surface area contributed by atoms with Gasteiger partial charge in [-0.1, -0.05) is 12.1 Å². The van der Waals surface area contributed by atoms with Crippen LogP contribution in [0.3, 0.4) is 0 Å². The maximum Gasteiger partial charge on any atom is 0.337 e. The fourth-order valence-electron chi connectivity index (χ4n) is 3.01. The SMILES string of the molecule is CC1(C)CC2=C(C(=O)O1)C(c1ccc(F)cc1)CCC=N2. The molecule has 1 atom stereocenters. The second-order valence-electron chi connectivity index (χ2n) is 6.18. The molecule has 1 unspecified atom stereocenters. The van der Waals surface area contributed by atoms with Gasteiger partial charge >= 0.3 is 5.97 Å². The molecule has 0 radical (unpaired) electrons. The van der Waals surface area contributed by atoms with Gasteiger partial charge in [0.05, 0.1) is 11.3 Å². The molecule has 1 aromatic carbocycles. The van der Waals surface area contributed by atoms with E-state index in [1.165, 1.54) is 12.1 Å². The molecule has 3 nitrogen and oxygen atoms in total. The summed E-state index contributed by atoms with van der Waals surface area (Å²) < 4.78 is 18.6. The number of cyclic esters (lactones) is 1. The van der Waals surface area contributed by atoms with Crippen LogP contribution in [-0.4, -0.2) is 17.8 Å². The van der Waals surface area contributed by atoms with E-state index >= 15 is 0 Å². The van der Waals surface area contributed by atoms with Crippen molar-refractivity contribution in [3.8, 4) is 0 Å². The number of carbonyl (C=O) groups excluding carboxylic acids is 1. The molecule has 0 bridgehead atoms. The number of nitrogens with zero attached hydrogens (tertiary/aromatic N) is 1. The predicted molar refractivity (Wildman–Crippen MR) is 78.7 cm³/mol. The Bertz CT molecular complexity index is 629. The van der Waals surface area contributed by atoms with Crippen molar-refractivity contribution >= 4 is 12.2 Å². The Kier molecular flexibility index (Phi) is 3.40. The normalized spacial score (nSPS) is 24.3. The highest BCUT2D eigenvalue weighted by Gasteiger charge is 2.38. The minimum absolute atomic E-state index is 0.0771. The maximum atomic E-state index is 13.1. The monoisotopic (exact) mass is 287 g/mol. The average molecular weight is 287 g/mol. The van der Waals surface area contributed by atoms with Crippen molar-refractivity contribution in [2.24, 2.45) is 4.99 Å². The van der Waals surface area contributed by atoms with E-state index in [1.54, 1.807) is 12.1 Å². The predicted octanol–water partition coefficient (Wildman–Crippen LogP) is 3.75. The Balaban J connectivity index is 2.05. The van der Waals surface area contributed by atoms with Crippen LogP contribution in [0.1, 0.15) is 44.6 Å². The topological polar surface area (TPSA) is 38.7 Å². The highest BCUT2D eigenvalue weighted by molar-refractivity contribution is 5.93. The molecule has 0 aromatic heterocycles. The fraction of sp³-hybridized carbons (Fsp3) is 0.412. The van der Waals surface area contributed by atoms with Crippen LogP contribution in [0.2, 0.25) is 0 Å². The van der Waals surface area contributed by atoms with Crippen LogP contribution in [0.25, 0.3) is 0 Å². The summed E-state index contributed by atoms with van der Waals surface area (Å²) in [4.78, 5) is 16.9. The number of hydrogen-bond acceptors (Lipinski definition) is 3. The van der Waals surface area contributed by atoms with Crippen LogP contribution in [0.4, 0.5) is 4.39 Å². The number of esters is 1. The highest BCUT2D eigenvalue weighted by Crippen LogP contribution is 2.40. The molecule has 0 saturated heterocycles. The van der Waals surface area contributed by atoms with Crippen LogP contribution in [0, 0.1) is 5.82 Å². The summed E-state index contributed by atoms with van der Waals surface area (Å²) in [5.74, 6) is -0.647. The summed E-state index contributed by atoms with van der Waals surface area (Å²) in [6.07, 6.45) is 4.06. The quantitative estimate of drug-likeness (QED) is 0.738. The minimum atomic E-state index is -0.523. The first-order valence-electron chi connectivity index (χ1n) is 7.21. The molecule has 3 rings (SSSR count). The van der Waals surface area contributed by atoms with Crippen LogP contribution in [0.5, 0.6) is 0 Å². The Morgan fingerprint density at radius 3 is 2.71 bits per heavy atom. The highest BCUT2D eigenvalue weighted by atomic mass is 19.1. The van der Waals surface area contributed by atoms with E-state index in [-0.39, 0.29) is 17.7 Å². The number of ether oxygens (including phenoxy) is 1. The Labute approximate surface area is 123 Å². The zero-order chi connectivity index (χ0) is 15.0. The van der Waals surface area contributed by atoms with Crippen LogP contribution < -0.4 is 0 Å². The van der Waals surface area contributed by atoms with E-state index in [1.807, 2.05) is 20.1 Å². The number of aliphatic imine (C=N–C) groups is 1. The molecular formula is C17H18FNO2. The smallest absolute Gasteiger partial charge is 0.337 e. The summed E-state index contributed by atoms with van der Waals surface area (Å²) in [5.41, 5.74) is 1.86. The molecule has 0 N–H and O–H groups in total. The Morgan fingerprint density at radius 1 is 1.29 bits per heavy atom. The van der Waals surface area contributed by atoms with E-state index in [9.17, 15) is 9.18 Å². The van der Waals surface area contributed by atoms with Gasteiger partial charge in [-0.2, -0.15) is 0 Å². The van der Waals surface area contributed by atoms with Gasteiger partial charge in [0.15, 0.2) is 0 Å². The number of benzene rings is 1. The van der Waals surface area contributed by atoms with Gasteiger partial charge in [0.2, 0.25) is 0 Å². The molecule has 0 spiro atoms. The lowest BCUT2D eigenvalue weighted by Crippen LogP contribution is -2.35. The van der Waals surface area contributed by atoms with E-state index in [2.05, 4.69) is 4.99 Å². The van der Waals surface area contributed by atoms with Gasteiger partial charge in [0.25, 0.3) is 0 Å². The molecule has 2 heterocycles. The first-order valence-corrected chi connectivity index (χ1v) is 7.21. The van der Waals surface area contributed by atoms with Crippen LogP contribution in [0.15, 0.2) is 40.5 Å².